The normalized spacial score (nSPS) is 16.6. The molecule has 1 heterocycles. The molecule has 1 aromatic rings. The summed E-state index contributed by atoms with van der Waals surface area (Å²) in [6.45, 7) is 2.81. The minimum absolute atomic E-state index is 0. The third-order valence-corrected chi connectivity index (χ3v) is 4.27. The molecule has 1 amide bonds. The number of guanidine groups is 1. The molecule has 0 aliphatic carbocycles. The van der Waals surface area contributed by atoms with Crippen LogP contribution >= 0.6 is 24.0 Å². The zero-order valence-electron chi connectivity index (χ0n) is 17.0. The van der Waals surface area contributed by atoms with E-state index in [9.17, 15) is 13.6 Å². The predicted octanol–water partition coefficient (Wildman–Crippen LogP) is 2.56. The Hall–Kier alpha value is -1.85. The van der Waals surface area contributed by atoms with E-state index in [0.717, 1.165) is 13.0 Å². The second-order valence-electron chi connectivity index (χ2n) is 6.89. The van der Waals surface area contributed by atoms with Crippen LogP contribution in [0.2, 0.25) is 0 Å². The van der Waals surface area contributed by atoms with E-state index in [2.05, 4.69) is 25.7 Å². The molecule has 1 aliphatic rings. The van der Waals surface area contributed by atoms with E-state index in [-0.39, 0.29) is 47.7 Å². The van der Waals surface area contributed by atoms with E-state index in [0.29, 0.717) is 31.2 Å². The van der Waals surface area contributed by atoms with E-state index in [1.807, 2.05) is 18.7 Å². The molecule has 1 aromatic carbocycles. The number of halogens is 3. The van der Waals surface area contributed by atoms with Gasteiger partial charge in [-0.05, 0) is 32.4 Å². The molecular formula is C19H30F2IN5O2. The number of aliphatic imine (C=N–C) groups is 1. The van der Waals surface area contributed by atoms with Crippen LogP contribution < -0.4 is 25.6 Å². The number of ether oxygens (including phenoxy) is 1. The maximum atomic E-state index is 12.6. The van der Waals surface area contributed by atoms with Crippen LogP contribution in [0.1, 0.15) is 26.7 Å². The number of rotatable bonds is 8. The van der Waals surface area contributed by atoms with Crippen LogP contribution in [0.4, 0.5) is 14.5 Å². The molecule has 7 nitrogen and oxygen atoms in total. The molecule has 0 radical (unpaired) electrons. The lowest BCUT2D eigenvalue weighted by Crippen LogP contribution is -2.45. The van der Waals surface area contributed by atoms with Crippen molar-refractivity contribution < 1.29 is 18.3 Å². The van der Waals surface area contributed by atoms with Crippen LogP contribution in [-0.2, 0) is 4.79 Å². The SMILES string of the molecule is CN=C(NCCC(=O)NC(C)C)NC1CCN(c2ccccc2OC(F)F)C1.I. The van der Waals surface area contributed by atoms with Crippen molar-refractivity contribution in [3.05, 3.63) is 24.3 Å². The minimum atomic E-state index is -2.85. The lowest BCUT2D eigenvalue weighted by molar-refractivity contribution is -0.121. The summed E-state index contributed by atoms with van der Waals surface area (Å²) in [5.41, 5.74) is 0.653. The van der Waals surface area contributed by atoms with Gasteiger partial charge in [-0.2, -0.15) is 8.78 Å². The Kier molecular flexibility index (Phi) is 11.0. The second-order valence-corrected chi connectivity index (χ2v) is 6.89. The number of hydrogen-bond acceptors (Lipinski definition) is 4. The van der Waals surface area contributed by atoms with Crippen LogP contribution in [0.3, 0.4) is 0 Å². The summed E-state index contributed by atoms with van der Waals surface area (Å²) in [5.74, 6) is 0.777. The molecular weight excluding hydrogens is 495 g/mol. The van der Waals surface area contributed by atoms with E-state index in [1.54, 1.807) is 31.3 Å². The number of amides is 1. The smallest absolute Gasteiger partial charge is 0.387 e. The molecule has 0 bridgehead atoms. The lowest BCUT2D eigenvalue weighted by Gasteiger charge is -2.22. The van der Waals surface area contributed by atoms with E-state index < -0.39 is 6.61 Å². The van der Waals surface area contributed by atoms with Gasteiger partial charge in [-0.25, -0.2) is 0 Å². The number of carbonyl (C=O) groups is 1. The summed E-state index contributed by atoms with van der Waals surface area (Å²) in [4.78, 5) is 17.9. The van der Waals surface area contributed by atoms with Gasteiger partial charge in [0.1, 0.15) is 5.75 Å². The van der Waals surface area contributed by atoms with Crippen molar-refractivity contribution in [2.24, 2.45) is 4.99 Å². The molecule has 29 heavy (non-hydrogen) atoms. The van der Waals surface area contributed by atoms with Crippen molar-refractivity contribution in [1.29, 1.82) is 0 Å². The first-order chi connectivity index (χ1) is 13.4. The van der Waals surface area contributed by atoms with Gasteiger partial charge in [-0.1, -0.05) is 12.1 Å². The van der Waals surface area contributed by atoms with Gasteiger partial charge in [0, 0.05) is 45.2 Å². The van der Waals surface area contributed by atoms with Gasteiger partial charge in [0.05, 0.1) is 5.69 Å². The van der Waals surface area contributed by atoms with Crippen LogP contribution in [0.25, 0.3) is 0 Å². The first-order valence-corrected chi connectivity index (χ1v) is 9.44. The van der Waals surface area contributed by atoms with Gasteiger partial charge in [0.2, 0.25) is 5.91 Å². The van der Waals surface area contributed by atoms with Crippen molar-refractivity contribution >= 4 is 41.5 Å². The Balaban J connectivity index is 0.00000420. The molecule has 164 valence electrons. The maximum absolute atomic E-state index is 12.6. The van der Waals surface area contributed by atoms with Gasteiger partial charge < -0.3 is 25.6 Å². The highest BCUT2D eigenvalue weighted by Crippen LogP contribution is 2.31. The molecule has 10 heteroatoms. The summed E-state index contributed by atoms with van der Waals surface area (Å²) in [7, 11) is 1.67. The number of carbonyl (C=O) groups excluding carboxylic acids is 1. The fourth-order valence-electron chi connectivity index (χ4n) is 3.09. The quantitative estimate of drug-likeness (QED) is 0.277. The molecule has 2 rings (SSSR count). The fourth-order valence-corrected chi connectivity index (χ4v) is 3.09. The van der Waals surface area contributed by atoms with Gasteiger partial charge in [-0.15, -0.1) is 24.0 Å². The van der Waals surface area contributed by atoms with E-state index in [4.69, 9.17) is 0 Å². The average Bonchev–Trinajstić information content (AvgIpc) is 3.08. The van der Waals surface area contributed by atoms with Crippen LogP contribution in [0, 0.1) is 0 Å². The molecule has 0 aromatic heterocycles. The number of benzene rings is 1. The van der Waals surface area contributed by atoms with Crippen molar-refractivity contribution in [2.45, 2.75) is 45.4 Å². The Morgan fingerprint density at radius 1 is 1.34 bits per heavy atom. The molecule has 3 N–H and O–H groups in total. The molecule has 1 aliphatic heterocycles. The average molecular weight is 525 g/mol. The van der Waals surface area contributed by atoms with Gasteiger partial charge >= 0.3 is 6.61 Å². The summed E-state index contributed by atoms with van der Waals surface area (Å²) < 4.78 is 29.9. The van der Waals surface area contributed by atoms with Crippen LogP contribution in [0.15, 0.2) is 29.3 Å². The first-order valence-electron chi connectivity index (χ1n) is 9.44. The third kappa shape index (κ3) is 8.58. The molecule has 1 unspecified atom stereocenters. The number of anilines is 1. The number of para-hydroxylation sites is 2. The summed E-state index contributed by atoms with van der Waals surface area (Å²) in [6, 6.07) is 7.03. The Labute approximate surface area is 187 Å². The molecule has 1 saturated heterocycles. The van der Waals surface area contributed by atoms with Crippen molar-refractivity contribution in [3.63, 3.8) is 0 Å². The van der Waals surface area contributed by atoms with E-state index in [1.165, 1.54) is 0 Å². The molecule has 0 saturated carbocycles. The minimum Gasteiger partial charge on any atom is -0.433 e. The molecule has 1 atom stereocenters. The maximum Gasteiger partial charge on any atom is 0.387 e. The first kappa shape index (κ1) is 25.2. The highest BCUT2D eigenvalue weighted by atomic mass is 127. The van der Waals surface area contributed by atoms with Crippen LogP contribution in [0.5, 0.6) is 5.75 Å². The summed E-state index contributed by atoms with van der Waals surface area (Å²) in [5, 5.41) is 9.28. The number of alkyl halides is 2. The Morgan fingerprint density at radius 3 is 2.72 bits per heavy atom. The topological polar surface area (TPSA) is 78.0 Å². The summed E-state index contributed by atoms with van der Waals surface area (Å²) >= 11 is 0. The van der Waals surface area contributed by atoms with Crippen molar-refractivity contribution in [2.75, 3.05) is 31.6 Å². The monoisotopic (exact) mass is 525 g/mol. The van der Waals surface area contributed by atoms with E-state index >= 15 is 0 Å². The van der Waals surface area contributed by atoms with Crippen molar-refractivity contribution in [1.82, 2.24) is 16.0 Å². The highest BCUT2D eigenvalue weighted by Gasteiger charge is 2.26. The Morgan fingerprint density at radius 2 is 2.07 bits per heavy atom. The standard InChI is InChI=1S/C19H29F2N5O2.HI/c1-13(2)24-17(27)8-10-23-19(22-3)25-14-9-11-26(12-14)15-6-4-5-7-16(15)28-18(20)21;/h4-7,13-14,18H,8-12H2,1-3H3,(H,24,27)(H2,22,23,25);1H. The summed E-state index contributed by atoms with van der Waals surface area (Å²) in [6.07, 6.45) is 1.19. The lowest BCUT2D eigenvalue weighted by atomic mass is 10.2. The largest absolute Gasteiger partial charge is 0.433 e. The Bertz CT molecular complexity index is 676. The zero-order valence-corrected chi connectivity index (χ0v) is 19.3. The third-order valence-electron chi connectivity index (χ3n) is 4.27. The van der Waals surface area contributed by atoms with Crippen molar-refractivity contribution in [3.8, 4) is 5.75 Å². The molecule has 1 fully saturated rings. The van der Waals surface area contributed by atoms with Gasteiger partial charge in [0.15, 0.2) is 5.96 Å². The van der Waals surface area contributed by atoms with Gasteiger partial charge in [-0.3, -0.25) is 9.79 Å². The second kappa shape index (κ2) is 12.7. The highest BCUT2D eigenvalue weighted by molar-refractivity contribution is 14.0. The fraction of sp³-hybridized carbons (Fsp3) is 0.579. The number of nitrogens with zero attached hydrogens (tertiary/aromatic N) is 2. The number of hydrogen-bond donors (Lipinski definition) is 3. The predicted molar refractivity (Wildman–Crippen MR) is 122 cm³/mol. The number of nitrogens with one attached hydrogen (secondary N) is 3. The van der Waals surface area contributed by atoms with Gasteiger partial charge in [0.25, 0.3) is 0 Å². The van der Waals surface area contributed by atoms with Crippen LogP contribution in [-0.4, -0.2) is 57.2 Å². The molecule has 0 spiro atoms. The zero-order chi connectivity index (χ0) is 20.5.